The number of H-pyrrole nitrogens is 1. The number of pyridine rings is 1. The smallest absolute Gasteiger partial charge is 0.228 e. The Hall–Kier alpha value is -2.76. The lowest BCUT2D eigenvalue weighted by Gasteiger charge is -2.27. The molecule has 4 heterocycles. The van der Waals surface area contributed by atoms with Crippen molar-refractivity contribution in [2.45, 2.75) is 26.3 Å². The second kappa shape index (κ2) is 6.63. The van der Waals surface area contributed by atoms with Crippen LogP contribution in [0.1, 0.15) is 24.6 Å². The first kappa shape index (κ1) is 15.7. The van der Waals surface area contributed by atoms with Crippen molar-refractivity contribution < 1.29 is 4.79 Å². The van der Waals surface area contributed by atoms with Gasteiger partial charge in [-0.3, -0.25) is 19.9 Å². The van der Waals surface area contributed by atoms with Crippen LogP contribution in [0, 0.1) is 5.92 Å². The molecule has 128 valence electrons. The van der Waals surface area contributed by atoms with Gasteiger partial charge in [-0.05, 0) is 24.1 Å². The zero-order chi connectivity index (χ0) is 17.2. The Kier molecular flexibility index (Phi) is 4.17. The highest BCUT2D eigenvalue weighted by atomic mass is 16.2. The number of allylic oxidation sites excluding steroid dienone is 1. The van der Waals surface area contributed by atoms with Gasteiger partial charge in [-0.25, -0.2) is 0 Å². The third-order valence-electron chi connectivity index (χ3n) is 4.77. The van der Waals surface area contributed by atoms with E-state index in [4.69, 9.17) is 0 Å². The van der Waals surface area contributed by atoms with Crippen LogP contribution in [0.25, 0.3) is 11.3 Å². The highest BCUT2D eigenvalue weighted by Crippen LogP contribution is 2.28. The minimum absolute atomic E-state index is 0.130. The first-order valence-electron chi connectivity index (χ1n) is 8.66. The summed E-state index contributed by atoms with van der Waals surface area (Å²) < 4.78 is 0. The van der Waals surface area contributed by atoms with E-state index in [1.807, 2.05) is 23.1 Å². The molecule has 1 N–H and O–H groups in total. The van der Waals surface area contributed by atoms with Gasteiger partial charge in [0, 0.05) is 61.0 Å². The van der Waals surface area contributed by atoms with Crippen molar-refractivity contribution >= 4 is 11.6 Å². The summed E-state index contributed by atoms with van der Waals surface area (Å²) in [6.45, 7) is 4.22. The molecule has 0 saturated carbocycles. The molecule has 25 heavy (non-hydrogen) atoms. The zero-order valence-electron chi connectivity index (χ0n) is 14.3. The predicted molar refractivity (Wildman–Crippen MR) is 96.2 cm³/mol. The maximum absolute atomic E-state index is 12.7. The van der Waals surface area contributed by atoms with Crippen LogP contribution in [0.2, 0.25) is 0 Å². The van der Waals surface area contributed by atoms with Crippen LogP contribution in [0.5, 0.6) is 0 Å². The van der Waals surface area contributed by atoms with Crippen molar-refractivity contribution in [3.8, 4) is 11.3 Å². The third kappa shape index (κ3) is 3.24. The molecule has 0 bridgehead atoms. The number of nitrogens with zero attached hydrogens (tertiary/aromatic N) is 4. The molecule has 6 heteroatoms. The minimum atomic E-state index is 0.130. The number of nitrogens with one attached hydrogen (secondary N) is 1. The highest BCUT2D eigenvalue weighted by molar-refractivity contribution is 6.07. The maximum atomic E-state index is 12.7. The molecular weight excluding hydrogens is 314 g/mol. The zero-order valence-corrected chi connectivity index (χ0v) is 14.3. The molecule has 2 aliphatic rings. The quantitative estimate of drug-likeness (QED) is 0.936. The number of aromatic nitrogens is 3. The lowest BCUT2D eigenvalue weighted by Crippen LogP contribution is -2.37. The van der Waals surface area contributed by atoms with Crippen molar-refractivity contribution in [2.24, 2.45) is 10.9 Å². The normalized spacial score (nSPS) is 19.5. The van der Waals surface area contributed by atoms with Gasteiger partial charge < -0.3 is 4.90 Å². The van der Waals surface area contributed by atoms with E-state index in [2.05, 4.69) is 33.2 Å². The van der Waals surface area contributed by atoms with Gasteiger partial charge in [-0.1, -0.05) is 13.0 Å². The molecule has 1 amide bonds. The number of rotatable bonds is 3. The largest absolute Gasteiger partial charge is 0.337 e. The fraction of sp³-hybridized carbons (Fsp3) is 0.368. The minimum Gasteiger partial charge on any atom is -0.337 e. The topological polar surface area (TPSA) is 74.2 Å². The Labute approximate surface area is 146 Å². The first-order valence-corrected chi connectivity index (χ1v) is 8.66. The van der Waals surface area contributed by atoms with E-state index in [1.54, 1.807) is 12.4 Å². The summed E-state index contributed by atoms with van der Waals surface area (Å²) in [5.41, 5.74) is 5.06. The molecule has 0 fully saturated rings. The van der Waals surface area contributed by atoms with Gasteiger partial charge in [-0.2, -0.15) is 5.10 Å². The van der Waals surface area contributed by atoms with Gasteiger partial charge in [-0.15, -0.1) is 0 Å². The standard InChI is InChI=1S/C19H21N5O/c1-13-2-3-15(21-11-13)10-18(25)24-9-6-17-16(12-24)19(23-22-17)14-4-7-20-8-5-14/h2-5,7-8,13H,6,9-12H2,1H3,(H,22,23). The van der Waals surface area contributed by atoms with Gasteiger partial charge in [0.05, 0.1) is 12.1 Å². The molecule has 6 nitrogen and oxygen atoms in total. The van der Waals surface area contributed by atoms with E-state index in [9.17, 15) is 4.79 Å². The summed E-state index contributed by atoms with van der Waals surface area (Å²) in [5, 5.41) is 7.59. The van der Waals surface area contributed by atoms with E-state index in [1.165, 1.54) is 0 Å². The molecule has 2 aromatic rings. The Balaban J connectivity index is 1.50. The molecule has 2 aliphatic heterocycles. The maximum Gasteiger partial charge on any atom is 0.228 e. The lowest BCUT2D eigenvalue weighted by atomic mass is 10.0. The van der Waals surface area contributed by atoms with E-state index in [0.717, 1.165) is 47.7 Å². The van der Waals surface area contributed by atoms with E-state index < -0.39 is 0 Å². The number of dihydropyridines is 1. The van der Waals surface area contributed by atoms with Crippen LogP contribution in [0.3, 0.4) is 0 Å². The van der Waals surface area contributed by atoms with Gasteiger partial charge in [0.25, 0.3) is 0 Å². The van der Waals surface area contributed by atoms with Crippen molar-refractivity contribution in [3.63, 3.8) is 0 Å². The lowest BCUT2D eigenvalue weighted by molar-refractivity contribution is -0.130. The molecule has 4 rings (SSSR count). The molecule has 2 aromatic heterocycles. The number of hydrogen-bond donors (Lipinski definition) is 1. The number of amides is 1. The van der Waals surface area contributed by atoms with E-state index >= 15 is 0 Å². The Morgan fingerprint density at radius 2 is 2.20 bits per heavy atom. The molecule has 0 radical (unpaired) electrons. The van der Waals surface area contributed by atoms with Crippen LogP contribution in [0.4, 0.5) is 0 Å². The van der Waals surface area contributed by atoms with Crippen molar-refractivity contribution in [1.82, 2.24) is 20.1 Å². The molecule has 0 aromatic carbocycles. The molecule has 0 saturated heterocycles. The number of aromatic amines is 1. The summed E-state index contributed by atoms with van der Waals surface area (Å²) in [7, 11) is 0. The van der Waals surface area contributed by atoms with Gasteiger partial charge in [0.1, 0.15) is 0 Å². The molecule has 0 spiro atoms. The van der Waals surface area contributed by atoms with Crippen LogP contribution in [-0.2, 0) is 17.8 Å². The third-order valence-corrected chi connectivity index (χ3v) is 4.77. The SMILES string of the molecule is CC1C=CC(CC(=O)N2CCc3[nH]nc(-c4ccncc4)c3C2)=NC1. The predicted octanol–water partition coefficient (Wildman–Crippen LogP) is 2.39. The number of hydrogen-bond acceptors (Lipinski definition) is 4. The average Bonchev–Trinajstić information content (AvgIpc) is 3.07. The van der Waals surface area contributed by atoms with E-state index in [0.29, 0.717) is 18.9 Å². The monoisotopic (exact) mass is 335 g/mol. The Morgan fingerprint density at radius 3 is 2.96 bits per heavy atom. The number of aliphatic imine (C=N–C) groups is 1. The number of fused-ring (bicyclic) bond motifs is 1. The fourth-order valence-corrected chi connectivity index (χ4v) is 3.29. The average molecular weight is 335 g/mol. The molecule has 0 aliphatic carbocycles. The summed E-state index contributed by atoms with van der Waals surface area (Å²) >= 11 is 0. The Bertz CT molecular complexity index is 837. The summed E-state index contributed by atoms with van der Waals surface area (Å²) in [5.74, 6) is 0.593. The second-order valence-electron chi connectivity index (χ2n) is 6.68. The van der Waals surface area contributed by atoms with Crippen molar-refractivity contribution in [2.75, 3.05) is 13.1 Å². The fourth-order valence-electron chi connectivity index (χ4n) is 3.29. The van der Waals surface area contributed by atoms with Crippen LogP contribution in [0.15, 0.2) is 41.7 Å². The Morgan fingerprint density at radius 1 is 1.36 bits per heavy atom. The van der Waals surface area contributed by atoms with Crippen LogP contribution < -0.4 is 0 Å². The van der Waals surface area contributed by atoms with E-state index in [-0.39, 0.29) is 5.91 Å². The molecule has 1 atom stereocenters. The van der Waals surface area contributed by atoms with Crippen LogP contribution >= 0.6 is 0 Å². The number of carbonyl (C=O) groups is 1. The van der Waals surface area contributed by atoms with Crippen molar-refractivity contribution in [3.05, 3.63) is 47.9 Å². The molecular formula is C19H21N5O. The second-order valence-corrected chi connectivity index (χ2v) is 6.68. The van der Waals surface area contributed by atoms with Crippen LogP contribution in [-0.4, -0.2) is 44.8 Å². The summed E-state index contributed by atoms with van der Waals surface area (Å²) in [6, 6.07) is 3.89. The van der Waals surface area contributed by atoms with Gasteiger partial charge >= 0.3 is 0 Å². The summed E-state index contributed by atoms with van der Waals surface area (Å²) in [4.78, 5) is 23.2. The highest BCUT2D eigenvalue weighted by Gasteiger charge is 2.26. The van der Waals surface area contributed by atoms with Crippen molar-refractivity contribution in [1.29, 1.82) is 0 Å². The van der Waals surface area contributed by atoms with Gasteiger partial charge in [0.2, 0.25) is 5.91 Å². The van der Waals surface area contributed by atoms with Gasteiger partial charge in [0.15, 0.2) is 0 Å². The molecule has 1 unspecified atom stereocenters. The summed E-state index contributed by atoms with van der Waals surface area (Å²) in [6.07, 6.45) is 8.82. The number of carbonyl (C=O) groups excluding carboxylic acids is 1. The first-order chi connectivity index (χ1) is 12.2.